The summed E-state index contributed by atoms with van der Waals surface area (Å²) < 4.78 is 5.63. The molecule has 3 aliphatic carbocycles. The molecule has 2 unspecified atom stereocenters. The van der Waals surface area contributed by atoms with Crippen LogP contribution in [0.3, 0.4) is 0 Å². The number of aliphatic carboxylic acids is 1. The predicted octanol–water partition coefficient (Wildman–Crippen LogP) is 3.82. The van der Waals surface area contributed by atoms with Crippen molar-refractivity contribution in [1.29, 1.82) is 0 Å². The van der Waals surface area contributed by atoms with Gasteiger partial charge in [0.05, 0.1) is 5.92 Å². The van der Waals surface area contributed by atoms with Gasteiger partial charge in [-0.1, -0.05) is 48.5 Å². The summed E-state index contributed by atoms with van der Waals surface area (Å²) in [5.74, 6) is -1.51. The minimum absolute atomic E-state index is 0.0410. The Hall–Kier alpha value is -3.35. The van der Waals surface area contributed by atoms with Crippen LogP contribution in [0.25, 0.3) is 11.1 Å². The van der Waals surface area contributed by atoms with Gasteiger partial charge in [0.1, 0.15) is 12.1 Å². The Bertz CT molecular complexity index is 1050. The first-order chi connectivity index (χ1) is 16.0. The number of carboxylic acids is 1. The van der Waals surface area contributed by atoms with Crippen molar-refractivity contribution in [2.24, 2.45) is 5.92 Å². The third-order valence-corrected chi connectivity index (χ3v) is 7.44. The van der Waals surface area contributed by atoms with Crippen LogP contribution in [0.4, 0.5) is 4.79 Å². The van der Waals surface area contributed by atoms with Crippen LogP contribution in [0.5, 0.6) is 0 Å². The fourth-order valence-electron chi connectivity index (χ4n) is 5.43. The van der Waals surface area contributed by atoms with E-state index in [1.54, 1.807) is 0 Å². The first kappa shape index (κ1) is 21.5. The van der Waals surface area contributed by atoms with Crippen molar-refractivity contribution in [1.82, 2.24) is 10.6 Å². The first-order valence-corrected chi connectivity index (χ1v) is 11.6. The molecule has 0 radical (unpaired) electrons. The lowest BCUT2D eigenvalue weighted by atomic mass is 9.76. The Morgan fingerprint density at radius 1 is 0.970 bits per heavy atom. The number of amides is 2. The lowest BCUT2D eigenvalue weighted by molar-refractivity contribution is -0.141. The van der Waals surface area contributed by atoms with E-state index >= 15 is 0 Å². The van der Waals surface area contributed by atoms with Crippen LogP contribution in [0.2, 0.25) is 0 Å². The number of alkyl carbamates (subject to hydrolysis) is 1. The molecule has 2 aromatic carbocycles. The van der Waals surface area contributed by atoms with Crippen molar-refractivity contribution < 1.29 is 24.2 Å². The zero-order valence-electron chi connectivity index (χ0n) is 18.4. The molecule has 33 heavy (non-hydrogen) atoms. The van der Waals surface area contributed by atoms with E-state index < -0.39 is 23.5 Å². The zero-order chi connectivity index (χ0) is 23.0. The number of ether oxygens (including phenoxy) is 1. The molecule has 0 aromatic heterocycles. The largest absolute Gasteiger partial charge is 0.481 e. The molecule has 172 valence electrons. The maximum Gasteiger partial charge on any atom is 0.408 e. The standard InChI is InChI=1S/C26H28N2O5/c29-23(30)16-10-11-17(14-16)27-24(31)26(12-5-13-26)28-25(32)33-15-22-20-8-3-1-6-18(20)19-7-2-4-9-21(19)22/h1-4,6-9,16-17,22H,5,10-15H2,(H,27,31)(H,28,32)(H,29,30). The average Bonchev–Trinajstić information content (AvgIpc) is 3.38. The second-order valence-electron chi connectivity index (χ2n) is 9.40. The maximum absolute atomic E-state index is 13.0. The molecular formula is C26H28N2O5. The van der Waals surface area contributed by atoms with E-state index in [2.05, 4.69) is 34.9 Å². The van der Waals surface area contributed by atoms with Gasteiger partial charge in [0.15, 0.2) is 0 Å². The molecule has 7 nitrogen and oxygen atoms in total. The molecule has 0 saturated heterocycles. The van der Waals surface area contributed by atoms with E-state index in [-0.39, 0.29) is 24.5 Å². The second kappa shape index (κ2) is 8.54. The summed E-state index contributed by atoms with van der Waals surface area (Å²) >= 11 is 0. The van der Waals surface area contributed by atoms with Gasteiger partial charge in [-0.05, 0) is 60.8 Å². The molecule has 0 heterocycles. The van der Waals surface area contributed by atoms with Crippen molar-refractivity contribution in [3.8, 4) is 11.1 Å². The molecule has 3 aliphatic rings. The number of hydrogen-bond acceptors (Lipinski definition) is 4. The van der Waals surface area contributed by atoms with Gasteiger partial charge < -0.3 is 20.5 Å². The Labute approximate surface area is 192 Å². The number of benzene rings is 2. The summed E-state index contributed by atoms with van der Waals surface area (Å²) in [6, 6.07) is 16.1. The van der Waals surface area contributed by atoms with Crippen LogP contribution in [0, 0.1) is 5.92 Å². The highest BCUT2D eigenvalue weighted by atomic mass is 16.5. The van der Waals surface area contributed by atoms with Crippen LogP contribution in [0.1, 0.15) is 55.6 Å². The number of carbonyl (C=O) groups is 3. The summed E-state index contributed by atoms with van der Waals surface area (Å²) in [6.07, 6.45) is 3.00. The van der Waals surface area contributed by atoms with Crippen molar-refractivity contribution in [2.45, 2.75) is 56.0 Å². The van der Waals surface area contributed by atoms with Crippen LogP contribution >= 0.6 is 0 Å². The third-order valence-electron chi connectivity index (χ3n) is 7.44. The summed E-state index contributed by atoms with van der Waals surface area (Å²) in [5, 5.41) is 15.0. The Balaban J connectivity index is 1.21. The number of carbonyl (C=O) groups excluding carboxylic acids is 2. The van der Waals surface area contributed by atoms with Gasteiger partial charge in [-0.25, -0.2) is 4.79 Å². The molecule has 3 N–H and O–H groups in total. The smallest absolute Gasteiger partial charge is 0.408 e. The fourth-order valence-corrected chi connectivity index (χ4v) is 5.43. The minimum atomic E-state index is -0.968. The molecule has 2 amide bonds. The van der Waals surface area contributed by atoms with E-state index in [0.29, 0.717) is 32.1 Å². The van der Waals surface area contributed by atoms with Crippen LogP contribution < -0.4 is 10.6 Å². The molecule has 2 atom stereocenters. The van der Waals surface area contributed by atoms with Gasteiger partial charge in [-0.3, -0.25) is 9.59 Å². The molecule has 0 spiro atoms. The number of fused-ring (bicyclic) bond motifs is 3. The molecule has 2 aromatic rings. The Morgan fingerprint density at radius 2 is 1.61 bits per heavy atom. The highest BCUT2D eigenvalue weighted by molar-refractivity contribution is 5.91. The Morgan fingerprint density at radius 3 is 2.15 bits per heavy atom. The van der Waals surface area contributed by atoms with Gasteiger partial charge in [-0.2, -0.15) is 0 Å². The van der Waals surface area contributed by atoms with E-state index in [1.165, 1.54) is 0 Å². The SMILES string of the molecule is O=C(NC1(C(=O)NC2CCC(C(=O)O)C2)CCC1)OCC1c2ccccc2-c2ccccc21. The van der Waals surface area contributed by atoms with Crippen molar-refractivity contribution >= 4 is 18.0 Å². The molecule has 0 bridgehead atoms. The highest BCUT2D eigenvalue weighted by Gasteiger charge is 2.47. The van der Waals surface area contributed by atoms with Crippen LogP contribution in [0.15, 0.2) is 48.5 Å². The molecule has 0 aliphatic heterocycles. The normalized spacial score (nSPS) is 22.5. The van der Waals surface area contributed by atoms with Crippen molar-refractivity contribution in [2.75, 3.05) is 6.61 Å². The maximum atomic E-state index is 13.0. The average molecular weight is 449 g/mol. The highest BCUT2D eigenvalue weighted by Crippen LogP contribution is 2.44. The zero-order valence-corrected chi connectivity index (χ0v) is 18.4. The van der Waals surface area contributed by atoms with E-state index in [0.717, 1.165) is 28.7 Å². The predicted molar refractivity (Wildman–Crippen MR) is 122 cm³/mol. The number of nitrogens with one attached hydrogen (secondary N) is 2. The summed E-state index contributed by atoms with van der Waals surface area (Å²) in [6.45, 7) is 0.195. The van der Waals surface area contributed by atoms with Crippen molar-refractivity contribution in [3.05, 3.63) is 59.7 Å². The van der Waals surface area contributed by atoms with Gasteiger partial charge in [-0.15, -0.1) is 0 Å². The van der Waals surface area contributed by atoms with E-state index in [9.17, 15) is 19.5 Å². The van der Waals surface area contributed by atoms with Gasteiger partial charge in [0.25, 0.3) is 0 Å². The van der Waals surface area contributed by atoms with Crippen molar-refractivity contribution in [3.63, 3.8) is 0 Å². The summed E-state index contributed by atoms with van der Waals surface area (Å²) in [5.41, 5.74) is 3.62. The third kappa shape index (κ3) is 3.96. The van der Waals surface area contributed by atoms with Gasteiger partial charge in [0, 0.05) is 12.0 Å². The monoisotopic (exact) mass is 448 g/mol. The lowest BCUT2D eigenvalue weighted by Crippen LogP contribution is -2.64. The number of carboxylic acid groups (broad SMARTS) is 1. The number of rotatable bonds is 6. The topological polar surface area (TPSA) is 105 Å². The molecule has 5 rings (SSSR count). The first-order valence-electron chi connectivity index (χ1n) is 11.6. The molecule has 2 saturated carbocycles. The van der Waals surface area contributed by atoms with E-state index in [4.69, 9.17) is 4.74 Å². The summed E-state index contributed by atoms with van der Waals surface area (Å²) in [4.78, 5) is 36.9. The van der Waals surface area contributed by atoms with E-state index in [1.807, 2.05) is 24.3 Å². The molecular weight excluding hydrogens is 420 g/mol. The van der Waals surface area contributed by atoms with Gasteiger partial charge in [0.2, 0.25) is 5.91 Å². The van der Waals surface area contributed by atoms with Gasteiger partial charge >= 0.3 is 12.1 Å². The number of hydrogen-bond donors (Lipinski definition) is 3. The lowest BCUT2D eigenvalue weighted by Gasteiger charge is -2.41. The fraction of sp³-hybridized carbons (Fsp3) is 0.423. The molecule has 2 fully saturated rings. The molecule has 7 heteroatoms. The van der Waals surface area contributed by atoms with Crippen LogP contribution in [-0.4, -0.2) is 41.3 Å². The Kier molecular flexibility index (Phi) is 5.56. The summed E-state index contributed by atoms with van der Waals surface area (Å²) in [7, 11) is 0. The van der Waals surface area contributed by atoms with Crippen LogP contribution in [-0.2, 0) is 14.3 Å². The minimum Gasteiger partial charge on any atom is -0.481 e. The second-order valence-corrected chi connectivity index (χ2v) is 9.40. The quantitative estimate of drug-likeness (QED) is 0.623.